The Morgan fingerprint density at radius 1 is 1.17 bits per heavy atom. The van der Waals surface area contributed by atoms with Crippen molar-refractivity contribution in [2.75, 3.05) is 4.90 Å². The number of hydrogen-bond acceptors (Lipinski definition) is 7. The third-order valence-corrected chi connectivity index (χ3v) is 7.37. The average molecular weight is 484 g/mol. The first kappa shape index (κ1) is 21.5. The zero-order valence-corrected chi connectivity index (χ0v) is 19.9. The van der Waals surface area contributed by atoms with E-state index in [-0.39, 0.29) is 17.4 Å². The van der Waals surface area contributed by atoms with E-state index in [4.69, 9.17) is 4.74 Å². The van der Waals surface area contributed by atoms with Crippen molar-refractivity contribution in [3.8, 4) is 5.75 Å². The molecule has 2 atom stereocenters. The first-order valence-electron chi connectivity index (χ1n) is 11.3. The molecule has 0 saturated carbocycles. The zero-order valence-electron chi connectivity index (χ0n) is 19.1. The Kier molecular flexibility index (Phi) is 4.93. The number of amides is 1. The number of thiazole rings is 1. The van der Waals surface area contributed by atoms with Gasteiger partial charge in [-0.3, -0.25) is 19.5 Å². The summed E-state index contributed by atoms with van der Waals surface area (Å²) in [5.74, 6) is -0.937. The van der Waals surface area contributed by atoms with E-state index >= 15 is 0 Å². The first-order chi connectivity index (χ1) is 16.9. The van der Waals surface area contributed by atoms with Gasteiger partial charge in [0.25, 0.3) is 5.78 Å². The molecule has 8 heteroatoms. The van der Waals surface area contributed by atoms with Crippen molar-refractivity contribution in [2.24, 2.45) is 0 Å². The van der Waals surface area contributed by atoms with Gasteiger partial charge in [-0.1, -0.05) is 23.5 Å². The SMILES string of the molecule is Cc1ccc2nc(N3C(=O)C(=O)C(=C(O)c4ccc5c(c4)C[C@H](C)O5)[C@@H]3c3cccnc3)sc2c1. The summed E-state index contributed by atoms with van der Waals surface area (Å²) in [4.78, 5) is 37.0. The molecule has 4 aromatic rings. The summed E-state index contributed by atoms with van der Waals surface area (Å²) >= 11 is 1.34. The predicted octanol–water partition coefficient (Wildman–Crippen LogP) is 4.95. The number of aliphatic hydroxyl groups excluding tert-OH is 1. The van der Waals surface area contributed by atoms with Gasteiger partial charge in [-0.15, -0.1) is 0 Å². The predicted molar refractivity (Wildman–Crippen MR) is 134 cm³/mol. The van der Waals surface area contributed by atoms with Gasteiger partial charge in [0.1, 0.15) is 17.6 Å². The van der Waals surface area contributed by atoms with E-state index in [1.165, 1.54) is 16.2 Å². The summed E-state index contributed by atoms with van der Waals surface area (Å²) in [6.45, 7) is 3.97. The second-order valence-electron chi connectivity index (χ2n) is 8.88. The van der Waals surface area contributed by atoms with E-state index in [1.54, 1.807) is 36.7 Å². The lowest BCUT2D eigenvalue weighted by atomic mass is 9.95. The van der Waals surface area contributed by atoms with Gasteiger partial charge < -0.3 is 9.84 Å². The Morgan fingerprint density at radius 3 is 2.83 bits per heavy atom. The van der Waals surface area contributed by atoms with E-state index in [0.29, 0.717) is 22.7 Å². The molecule has 0 aliphatic carbocycles. The number of fused-ring (bicyclic) bond motifs is 2. The smallest absolute Gasteiger partial charge is 0.301 e. The molecule has 0 bridgehead atoms. The molecule has 2 aliphatic rings. The normalized spacial score (nSPS) is 20.9. The fourth-order valence-electron chi connectivity index (χ4n) is 4.73. The Bertz CT molecular complexity index is 1540. The van der Waals surface area contributed by atoms with E-state index in [9.17, 15) is 14.7 Å². The van der Waals surface area contributed by atoms with Crippen LogP contribution in [0.2, 0.25) is 0 Å². The molecule has 1 amide bonds. The number of rotatable bonds is 3. The summed E-state index contributed by atoms with van der Waals surface area (Å²) in [5.41, 5.74) is 3.87. The number of benzene rings is 2. The molecular formula is C27H21N3O4S. The largest absolute Gasteiger partial charge is 0.507 e. The highest BCUT2D eigenvalue weighted by Gasteiger charge is 2.48. The van der Waals surface area contributed by atoms with Gasteiger partial charge in [0, 0.05) is 24.4 Å². The lowest BCUT2D eigenvalue weighted by Gasteiger charge is -2.22. The number of anilines is 1. The van der Waals surface area contributed by atoms with Crippen molar-refractivity contribution >= 4 is 44.1 Å². The Balaban J connectivity index is 1.53. The number of ketones is 1. The highest BCUT2D eigenvalue weighted by molar-refractivity contribution is 7.22. The third kappa shape index (κ3) is 3.49. The highest BCUT2D eigenvalue weighted by Crippen LogP contribution is 2.44. The minimum absolute atomic E-state index is 0.0188. The van der Waals surface area contributed by atoms with Crippen molar-refractivity contribution in [1.82, 2.24) is 9.97 Å². The van der Waals surface area contributed by atoms with Gasteiger partial charge in [0.15, 0.2) is 5.13 Å². The summed E-state index contributed by atoms with van der Waals surface area (Å²) in [5, 5.41) is 11.8. The van der Waals surface area contributed by atoms with E-state index in [1.807, 2.05) is 38.1 Å². The van der Waals surface area contributed by atoms with Gasteiger partial charge in [-0.05, 0) is 66.9 Å². The molecule has 4 heterocycles. The molecule has 0 unspecified atom stereocenters. The molecule has 2 aromatic carbocycles. The lowest BCUT2D eigenvalue weighted by Crippen LogP contribution is -2.29. The molecule has 35 heavy (non-hydrogen) atoms. The zero-order chi connectivity index (χ0) is 24.3. The molecule has 1 fully saturated rings. The Hall–Kier alpha value is -4.04. The van der Waals surface area contributed by atoms with E-state index < -0.39 is 17.7 Å². The second kappa shape index (κ2) is 8.02. The van der Waals surface area contributed by atoms with Crippen LogP contribution in [0.4, 0.5) is 5.13 Å². The van der Waals surface area contributed by atoms with Gasteiger partial charge in [-0.2, -0.15) is 0 Å². The molecule has 0 spiro atoms. The van der Waals surface area contributed by atoms with Crippen molar-refractivity contribution in [3.05, 3.63) is 88.8 Å². The van der Waals surface area contributed by atoms with Gasteiger partial charge in [0.2, 0.25) is 0 Å². The lowest BCUT2D eigenvalue weighted by molar-refractivity contribution is -0.132. The number of hydrogen-bond donors (Lipinski definition) is 1. The third-order valence-electron chi connectivity index (χ3n) is 6.35. The van der Waals surface area contributed by atoms with Crippen molar-refractivity contribution in [2.45, 2.75) is 32.4 Å². The summed E-state index contributed by atoms with van der Waals surface area (Å²) in [7, 11) is 0. The summed E-state index contributed by atoms with van der Waals surface area (Å²) in [6, 6.07) is 13.9. The molecule has 0 radical (unpaired) electrons. The minimum Gasteiger partial charge on any atom is -0.507 e. The number of aromatic nitrogens is 2. The number of pyridine rings is 1. The van der Waals surface area contributed by atoms with Crippen LogP contribution in [-0.4, -0.2) is 32.9 Å². The Morgan fingerprint density at radius 2 is 2.03 bits per heavy atom. The molecule has 174 valence electrons. The first-order valence-corrected chi connectivity index (χ1v) is 12.1. The number of aryl methyl sites for hydroxylation is 1. The number of carbonyl (C=O) groups is 2. The molecule has 6 rings (SSSR count). The number of nitrogens with zero attached hydrogens (tertiary/aromatic N) is 3. The van der Waals surface area contributed by atoms with Crippen LogP contribution in [0.3, 0.4) is 0 Å². The quantitative estimate of drug-likeness (QED) is 0.252. The van der Waals surface area contributed by atoms with Crippen molar-refractivity contribution in [3.63, 3.8) is 0 Å². The monoisotopic (exact) mass is 483 g/mol. The van der Waals surface area contributed by atoms with Crippen LogP contribution >= 0.6 is 11.3 Å². The van der Waals surface area contributed by atoms with Crippen LogP contribution in [0.5, 0.6) is 5.75 Å². The molecule has 1 N–H and O–H groups in total. The van der Waals surface area contributed by atoms with Gasteiger partial charge in [-0.25, -0.2) is 4.98 Å². The van der Waals surface area contributed by atoms with Crippen LogP contribution in [0.15, 0.2) is 66.5 Å². The maximum Gasteiger partial charge on any atom is 0.301 e. The summed E-state index contributed by atoms with van der Waals surface area (Å²) in [6.07, 6.45) is 3.98. The molecular weight excluding hydrogens is 462 g/mol. The highest BCUT2D eigenvalue weighted by atomic mass is 32.1. The Labute approximate surface area is 205 Å². The number of carbonyl (C=O) groups excluding carboxylic acids is 2. The fraction of sp³-hybridized carbons (Fsp3) is 0.185. The fourth-order valence-corrected chi connectivity index (χ4v) is 5.82. The number of ether oxygens (including phenoxy) is 1. The molecule has 2 aliphatic heterocycles. The minimum atomic E-state index is -0.853. The average Bonchev–Trinajstić information content (AvgIpc) is 3.51. The maximum atomic E-state index is 13.4. The van der Waals surface area contributed by atoms with Crippen molar-refractivity contribution in [1.29, 1.82) is 0 Å². The summed E-state index contributed by atoms with van der Waals surface area (Å²) < 4.78 is 6.68. The second-order valence-corrected chi connectivity index (χ2v) is 9.89. The van der Waals surface area contributed by atoms with Crippen LogP contribution in [0.1, 0.15) is 35.2 Å². The van der Waals surface area contributed by atoms with Gasteiger partial charge >= 0.3 is 5.91 Å². The molecule has 1 saturated heterocycles. The molecule has 2 aromatic heterocycles. The topological polar surface area (TPSA) is 92.6 Å². The number of aliphatic hydroxyl groups is 1. The number of Topliss-reactive ketones (excluding diaryl/α,β-unsaturated/α-hetero) is 1. The van der Waals surface area contributed by atoms with E-state index in [2.05, 4.69) is 9.97 Å². The van der Waals surface area contributed by atoms with Crippen molar-refractivity contribution < 1.29 is 19.4 Å². The van der Waals surface area contributed by atoms with Gasteiger partial charge in [0.05, 0.1) is 21.8 Å². The van der Waals surface area contributed by atoms with Crippen LogP contribution in [-0.2, 0) is 16.0 Å². The van der Waals surface area contributed by atoms with Crippen LogP contribution in [0.25, 0.3) is 16.0 Å². The van der Waals surface area contributed by atoms with Crippen LogP contribution in [0, 0.1) is 6.92 Å². The standard InChI is InChI=1S/C27H21N3O4S/c1-14-5-7-19-21(10-14)35-27(29-19)30-23(17-4-3-9-28-13-17)22(25(32)26(30)33)24(31)16-6-8-20-18(12-16)11-15(2)34-20/h3-10,12-13,15,23,31H,11H2,1-2H3/t15-,23-/m0/s1. The van der Waals surface area contributed by atoms with E-state index in [0.717, 1.165) is 27.1 Å². The van der Waals surface area contributed by atoms with Crippen LogP contribution < -0.4 is 9.64 Å². The maximum absolute atomic E-state index is 13.4. The molecule has 7 nitrogen and oxygen atoms in total.